The fraction of sp³-hybridized carbons (Fsp3) is 0.500. The van der Waals surface area contributed by atoms with E-state index in [9.17, 15) is 0 Å². The Labute approximate surface area is 174 Å². The molecule has 1 fully saturated rings. The lowest BCUT2D eigenvalue weighted by Crippen LogP contribution is -2.45. The molecule has 0 radical (unpaired) electrons. The molecule has 2 atom stereocenters. The van der Waals surface area contributed by atoms with Crippen molar-refractivity contribution in [1.29, 1.82) is 0 Å². The largest absolute Gasteiger partial charge is 0.369 e. The highest BCUT2D eigenvalue weighted by molar-refractivity contribution is 5.32. The summed E-state index contributed by atoms with van der Waals surface area (Å²) in [4.78, 5) is 7.27. The minimum atomic E-state index is 0.343. The van der Waals surface area contributed by atoms with Gasteiger partial charge in [0.2, 0.25) is 6.33 Å². The van der Waals surface area contributed by atoms with Gasteiger partial charge in [-0.2, -0.15) is 0 Å². The second-order valence-corrected chi connectivity index (χ2v) is 8.59. The van der Waals surface area contributed by atoms with Crippen LogP contribution in [0.2, 0.25) is 0 Å². The van der Waals surface area contributed by atoms with Gasteiger partial charge in [0.1, 0.15) is 11.9 Å². The van der Waals surface area contributed by atoms with Crippen molar-refractivity contribution in [1.82, 2.24) is 19.8 Å². The van der Waals surface area contributed by atoms with Crippen molar-refractivity contribution >= 4 is 0 Å². The normalized spacial score (nSPS) is 22.4. The number of allylic oxidation sites excluding steroid dienone is 2. The molecule has 2 aliphatic rings. The topological polar surface area (TPSA) is 37.0 Å². The van der Waals surface area contributed by atoms with Crippen molar-refractivity contribution in [2.24, 2.45) is 14.1 Å². The number of rotatable bonds is 5. The zero-order valence-electron chi connectivity index (χ0n) is 18.2. The summed E-state index contributed by atoms with van der Waals surface area (Å²) in [5, 5.41) is 3.95. The lowest BCUT2D eigenvalue weighted by Gasteiger charge is -2.40. The predicted octanol–water partition coefficient (Wildman–Crippen LogP) is 3.12. The van der Waals surface area contributed by atoms with Crippen LogP contribution >= 0.6 is 0 Å². The fourth-order valence-corrected chi connectivity index (χ4v) is 4.92. The summed E-state index contributed by atoms with van der Waals surface area (Å²) < 4.78 is 4.37. The molecule has 0 aromatic carbocycles. The van der Waals surface area contributed by atoms with Gasteiger partial charge in [-0.1, -0.05) is 18.2 Å². The summed E-state index contributed by atoms with van der Waals surface area (Å²) in [6.45, 7) is 6.47. The Bertz CT molecular complexity index is 923. The Kier molecular flexibility index (Phi) is 5.86. The maximum absolute atomic E-state index is 4.70. The molecule has 2 aliphatic heterocycles. The van der Waals surface area contributed by atoms with E-state index in [1.807, 2.05) is 12.3 Å². The summed E-state index contributed by atoms with van der Waals surface area (Å²) in [5.41, 5.74) is 6.74. The van der Waals surface area contributed by atoms with Gasteiger partial charge in [-0.15, -0.1) is 0 Å². The van der Waals surface area contributed by atoms with Crippen LogP contribution in [0, 0.1) is 6.92 Å². The summed E-state index contributed by atoms with van der Waals surface area (Å²) in [6, 6.07) is 4.94. The van der Waals surface area contributed by atoms with E-state index in [2.05, 4.69) is 78.0 Å². The fourth-order valence-electron chi connectivity index (χ4n) is 4.92. The summed E-state index contributed by atoms with van der Waals surface area (Å²) >= 11 is 0. The van der Waals surface area contributed by atoms with Crippen LogP contribution in [0.4, 0.5) is 0 Å². The van der Waals surface area contributed by atoms with Gasteiger partial charge in [0.25, 0.3) is 0 Å². The Morgan fingerprint density at radius 1 is 1.24 bits per heavy atom. The minimum absolute atomic E-state index is 0.343. The average molecular weight is 393 g/mol. The van der Waals surface area contributed by atoms with E-state index in [0.29, 0.717) is 12.1 Å². The summed E-state index contributed by atoms with van der Waals surface area (Å²) in [5.74, 6) is 0. The van der Waals surface area contributed by atoms with Crippen LogP contribution in [0.5, 0.6) is 0 Å². The number of nitrogens with zero attached hydrogens (tertiary/aromatic N) is 4. The van der Waals surface area contributed by atoms with E-state index < -0.39 is 0 Å². The zero-order valence-corrected chi connectivity index (χ0v) is 18.2. The number of imidazole rings is 1. The molecule has 4 rings (SSSR count). The molecule has 29 heavy (non-hydrogen) atoms. The van der Waals surface area contributed by atoms with Crippen LogP contribution in [0.3, 0.4) is 0 Å². The Morgan fingerprint density at radius 2 is 2.07 bits per heavy atom. The van der Waals surface area contributed by atoms with Gasteiger partial charge in [-0.25, -0.2) is 9.13 Å². The number of hydrogen-bond acceptors (Lipinski definition) is 3. The van der Waals surface area contributed by atoms with Gasteiger partial charge in [0.05, 0.1) is 25.8 Å². The molecule has 154 valence electrons. The van der Waals surface area contributed by atoms with Crippen LogP contribution in [0.25, 0.3) is 0 Å². The second-order valence-electron chi connectivity index (χ2n) is 8.59. The lowest BCUT2D eigenvalue weighted by molar-refractivity contribution is -0.671. The molecule has 0 aliphatic carbocycles. The molecule has 5 heteroatoms. The average Bonchev–Trinajstić information content (AvgIpc) is 3.04. The first-order valence-electron chi connectivity index (χ1n) is 10.8. The highest BCUT2D eigenvalue weighted by atomic mass is 15.2. The van der Waals surface area contributed by atoms with Gasteiger partial charge in [-0.05, 0) is 50.3 Å². The van der Waals surface area contributed by atoms with Crippen molar-refractivity contribution in [2.75, 3.05) is 13.1 Å². The molecule has 4 heterocycles. The van der Waals surface area contributed by atoms with Gasteiger partial charge in [0, 0.05) is 37.4 Å². The number of piperidine rings is 1. The van der Waals surface area contributed by atoms with Crippen LogP contribution in [-0.2, 0) is 20.5 Å². The molecule has 5 nitrogen and oxygen atoms in total. The molecular formula is C24H34N5+. The maximum Gasteiger partial charge on any atom is 0.243 e. The number of nitrogens with one attached hydrogen (secondary N) is 1. The van der Waals surface area contributed by atoms with E-state index in [4.69, 9.17) is 4.98 Å². The number of aryl methyl sites for hydroxylation is 3. The number of aromatic nitrogens is 3. The molecule has 2 aromatic heterocycles. The highest BCUT2D eigenvalue weighted by Gasteiger charge is 2.30. The minimum Gasteiger partial charge on any atom is -0.369 e. The molecule has 1 saturated heterocycles. The Balaban J connectivity index is 1.51. The number of pyridine rings is 1. The van der Waals surface area contributed by atoms with E-state index in [0.717, 1.165) is 25.9 Å². The van der Waals surface area contributed by atoms with Crippen LogP contribution < -0.4 is 9.88 Å². The van der Waals surface area contributed by atoms with Crippen LogP contribution in [-0.4, -0.2) is 33.6 Å². The van der Waals surface area contributed by atoms with Crippen molar-refractivity contribution in [3.63, 3.8) is 0 Å². The Hall–Kier alpha value is -2.40. The van der Waals surface area contributed by atoms with Gasteiger partial charge >= 0.3 is 0 Å². The SMILES string of the molecule is CC1=C(C2CCCC(c3ncccc3C)N2)N(CCc2c[n+](C)cn2C)CC=C1. The third-order valence-corrected chi connectivity index (χ3v) is 6.34. The standard InChI is InChI=1S/C24H34N5/c1-18-8-6-13-25-23(18)21-10-5-11-22(26-21)24-19(2)9-7-14-29(24)15-12-20-16-27(3)17-28(20)4/h6-9,13,16-17,21-22,26H,5,10-12,14-15H2,1-4H3/q+1. The van der Waals surface area contributed by atoms with E-state index in [1.165, 1.54) is 41.1 Å². The van der Waals surface area contributed by atoms with Gasteiger partial charge < -0.3 is 10.2 Å². The third-order valence-electron chi connectivity index (χ3n) is 6.34. The third kappa shape index (κ3) is 4.30. The highest BCUT2D eigenvalue weighted by Crippen LogP contribution is 2.32. The molecule has 2 unspecified atom stereocenters. The van der Waals surface area contributed by atoms with Crippen LogP contribution in [0.15, 0.2) is 54.3 Å². The molecular weight excluding hydrogens is 358 g/mol. The summed E-state index contributed by atoms with van der Waals surface area (Å²) in [6.07, 6.45) is 15.5. The first kappa shape index (κ1) is 19.9. The van der Waals surface area contributed by atoms with Crippen molar-refractivity contribution in [2.45, 2.75) is 51.6 Å². The lowest BCUT2D eigenvalue weighted by atomic mass is 9.90. The maximum atomic E-state index is 4.70. The summed E-state index contributed by atoms with van der Waals surface area (Å²) in [7, 11) is 4.23. The van der Waals surface area contributed by atoms with Gasteiger partial charge in [0.15, 0.2) is 0 Å². The van der Waals surface area contributed by atoms with E-state index in [-0.39, 0.29) is 0 Å². The van der Waals surface area contributed by atoms with Gasteiger partial charge in [-0.3, -0.25) is 4.98 Å². The first-order chi connectivity index (χ1) is 14.0. The molecule has 0 amide bonds. The van der Waals surface area contributed by atoms with E-state index >= 15 is 0 Å². The molecule has 0 spiro atoms. The zero-order chi connectivity index (χ0) is 20.4. The van der Waals surface area contributed by atoms with E-state index in [1.54, 1.807) is 0 Å². The van der Waals surface area contributed by atoms with Crippen molar-refractivity contribution in [3.8, 4) is 0 Å². The van der Waals surface area contributed by atoms with Crippen LogP contribution in [0.1, 0.15) is 49.2 Å². The monoisotopic (exact) mass is 392 g/mol. The molecule has 2 aromatic rings. The predicted molar refractivity (Wildman–Crippen MR) is 116 cm³/mol. The van der Waals surface area contributed by atoms with Crippen molar-refractivity contribution in [3.05, 3.63) is 71.2 Å². The smallest absolute Gasteiger partial charge is 0.243 e. The van der Waals surface area contributed by atoms with Crippen molar-refractivity contribution < 1.29 is 4.57 Å². The Morgan fingerprint density at radius 3 is 2.83 bits per heavy atom. The second kappa shape index (κ2) is 8.54. The molecule has 0 saturated carbocycles. The number of hydrogen-bond donors (Lipinski definition) is 1. The molecule has 0 bridgehead atoms. The first-order valence-corrected chi connectivity index (χ1v) is 10.8. The quantitative estimate of drug-likeness (QED) is 0.795. The molecule has 1 N–H and O–H groups in total.